The molecule has 2 aliphatic heterocycles. The minimum absolute atomic E-state index is 0.0515. The maximum absolute atomic E-state index is 12.7. The van der Waals surface area contributed by atoms with Crippen molar-refractivity contribution in [3.63, 3.8) is 0 Å². The highest BCUT2D eigenvalue weighted by atomic mass is 32.1. The molecule has 0 radical (unpaired) electrons. The van der Waals surface area contributed by atoms with Crippen LogP contribution in [-0.4, -0.2) is 49.2 Å². The minimum Gasteiger partial charge on any atom is -0.485 e. The number of methoxy groups -OCH3 is 1. The van der Waals surface area contributed by atoms with Crippen LogP contribution in [0.2, 0.25) is 0 Å². The molecule has 0 spiro atoms. The van der Waals surface area contributed by atoms with Gasteiger partial charge in [-0.1, -0.05) is 12.1 Å². The lowest BCUT2D eigenvalue weighted by atomic mass is 10.0. The van der Waals surface area contributed by atoms with Crippen LogP contribution < -0.4 is 20.5 Å². The van der Waals surface area contributed by atoms with Gasteiger partial charge in [0.2, 0.25) is 6.10 Å². The number of thiophene rings is 1. The number of ether oxygens (including phenoxy) is 3. The third-order valence-corrected chi connectivity index (χ3v) is 5.91. The molecule has 4 rings (SSSR count). The molecule has 3 amide bonds. The van der Waals surface area contributed by atoms with Gasteiger partial charge < -0.3 is 30.2 Å². The predicted octanol–water partition coefficient (Wildman–Crippen LogP) is 1.75. The van der Waals surface area contributed by atoms with Crippen LogP contribution in [0.25, 0.3) is 0 Å². The van der Waals surface area contributed by atoms with E-state index in [4.69, 9.17) is 19.9 Å². The zero-order valence-electron chi connectivity index (χ0n) is 15.6. The van der Waals surface area contributed by atoms with Crippen molar-refractivity contribution in [2.45, 2.75) is 19.1 Å². The summed E-state index contributed by atoms with van der Waals surface area (Å²) in [6.07, 6.45) is -0.858. The summed E-state index contributed by atoms with van der Waals surface area (Å²) in [6.45, 7) is 0.746. The molecule has 0 fully saturated rings. The normalized spacial score (nSPS) is 17.3. The Morgan fingerprint density at radius 3 is 2.76 bits per heavy atom. The first-order valence-corrected chi connectivity index (χ1v) is 9.76. The topological polar surface area (TPSA) is 120 Å². The van der Waals surface area contributed by atoms with E-state index in [1.54, 1.807) is 18.2 Å². The number of nitrogens with two attached hydrogens (primary N) is 1. The van der Waals surface area contributed by atoms with Gasteiger partial charge in [-0.2, -0.15) is 0 Å². The maximum atomic E-state index is 12.7. The highest BCUT2D eigenvalue weighted by Gasteiger charge is 2.32. The highest BCUT2D eigenvalue weighted by Crippen LogP contribution is 2.37. The predicted molar refractivity (Wildman–Crippen MR) is 104 cm³/mol. The molecule has 9 nitrogen and oxygen atoms in total. The number of nitrogens with one attached hydrogen (secondary N) is 1. The summed E-state index contributed by atoms with van der Waals surface area (Å²) in [6, 6.07) is 7.08. The SMILES string of the molecule is COC(=O)N1CCc2c(sc(NC(=O)[C@H]3COc4ccccc4O3)c2C(N)=O)C1. The standard InChI is InChI=1S/C19H19N3O6S/c1-26-19(25)22-7-6-10-14(8-22)29-18(15(10)16(20)23)21-17(24)13-9-27-11-4-2-3-5-12(11)28-13/h2-5,13H,6-9H2,1H3,(H2,20,23)(H,21,24)/t13-/m1/s1. The number of carbonyl (C=O) groups is 3. The van der Waals surface area contributed by atoms with Gasteiger partial charge in [-0.25, -0.2) is 4.79 Å². The lowest BCUT2D eigenvalue weighted by molar-refractivity contribution is -0.125. The van der Waals surface area contributed by atoms with Crippen LogP contribution >= 0.6 is 11.3 Å². The van der Waals surface area contributed by atoms with Crippen LogP contribution in [0.3, 0.4) is 0 Å². The molecule has 0 bridgehead atoms. The summed E-state index contributed by atoms with van der Waals surface area (Å²) in [5.41, 5.74) is 6.61. The van der Waals surface area contributed by atoms with Gasteiger partial charge in [-0.3, -0.25) is 9.59 Å². The Balaban J connectivity index is 1.55. The van der Waals surface area contributed by atoms with Crippen molar-refractivity contribution < 1.29 is 28.6 Å². The number of nitrogens with zero attached hydrogens (tertiary/aromatic N) is 1. The van der Waals surface area contributed by atoms with E-state index in [-0.39, 0.29) is 12.2 Å². The first-order valence-electron chi connectivity index (χ1n) is 8.94. The Hall–Kier alpha value is -3.27. The Labute approximate surface area is 170 Å². The lowest BCUT2D eigenvalue weighted by Gasteiger charge is -2.25. The Bertz CT molecular complexity index is 988. The molecular formula is C19H19N3O6S. The van der Waals surface area contributed by atoms with E-state index < -0.39 is 24.0 Å². The number of rotatable bonds is 3. The number of para-hydroxylation sites is 2. The third kappa shape index (κ3) is 3.58. The van der Waals surface area contributed by atoms with Gasteiger partial charge in [0, 0.05) is 11.4 Å². The molecule has 0 saturated carbocycles. The molecular weight excluding hydrogens is 398 g/mol. The van der Waals surface area contributed by atoms with E-state index in [2.05, 4.69) is 5.32 Å². The molecule has 1 aromatic heterocycles. The maximum Gasteiger partial charge on any atom is 0.409 e. The summed E-state index contributed by atoms with van der Waals surface area (Å²) in [5, 5.41) is 3.10. The number of amides is 3. The molecule has 2 aliphatic rings. The van der Waals surface area contributed by atoms with Crippen molar-refractivity contribution >= 4 is 34.2 Å². The van der Waals surface area contributed by atoms with Gasteiger partial charge in [-0.15, -0.1) is 11.3 Å². The van der Waals surface area contributed by atoms with E-state index >= 15 is 0 Å². The molecule has 3 heterocycles. The van der Waals surface area contributed by atoms with Crippen LogP contribution in [-0.2, 0) is 22.5 Å². The average molecular weight is 417 g/mol. The van der Waals surface area contributed by atoms with Crippen molar-refractivity contribution in [2.24, 2.45) is 5.73 Å². The zero-order chi connectivity index (χ0) is 20.5. The van der Waals surface area contributed by atoms with Crippen molar-refractivity contribution in [1.29, 1.82) is 0 Å². The zero-order valence-corrected chi connectivity index (χ0v) is 16.4. The Morgan fingerprint density at radius 1 is 1.28 bits per heavy atom. The molecule has 0 saturated heterocycles. The van der Waals surface area contributed by atoms with Crippen LogP contribution in [0, 0.1) is 0 Å². The smallest absolute Gasteiger partial charge is 0.409 e. The fourth-order valence-corrected chi connectivity index (χ4v) is 4.65. The quantitative estimate of drug-likeness (QED) is 0.785. The van der Waals surface area contributed by atoms with Crippen molar-refractivity contribution in [3.05, 3.63) is 40.3 Å². The van der Waals surface area contributed by atoms with Gasteiger partial charge in [0.25, 0.3) is 11.8 Å². The van der Waals surface area contributed by atoms with Crippen molar-refractivity contribution in [1.82, 2.24) is 4.90 Å². The number of primary amides is 1. The van der Waals surface area contributed by atoms with Gasteiger partial charge in [-0.05, 0) is 24.1 Å². The van der Waals surface area contributed by atoms with Gasteiger partial charge in [0.05, 0.1) is 19.2 Å². The number of fused-ring (bicyclic) bond motifs is 2. The van der Waals surface area contributed by atoms with E-state index in [9.17, 15) is 14.4 Å². The molecule has 0 aliphatic carbocycles. The Kier molecular flexibility index (Phi) is 5.01. The fraction of sp³-hybridized carbons (Fsp3) is 0.316. The fourth-order valence-electron chi connectivity index (χ4n) is 3.38. The monoisotopic (exact) mass is 417 g/mol. The number of benzene rings is 1. The number of hydrogen-bond donors (Lipinski definition) is 2. The summed E-state index contributed by atoms with van der Waals surface area (Å²) in [5.74, 6) is -0.0158. The Morgan fingerprint density at radius 2 is 2.03 bits per heavy atom. The van der Waals surface area contributed by atoms with E-state index in [1.165, 1.54) is 23.3 Å². The molecule has 2 aromatic rings. The number of anilines is 1. The highest BCUT2D eigenvalue weighted by molar-refractivity contribution is 7.17. The van der Waals surface area contributed by atoms with Crippen molar-refractivity contribution in [3.8, 4) is 11.5 Å². The van der Waals surface area contributed by atoms with E-state index in [1.807, 2.05) is 6.07 Å². The van der Waals surface area contributed by atoms with Crippen LogP contribution in [0.15, 0.2) is 24.3 Å². The summed E-state index contributed by atoms with van der Waals surface area (Å²) >= 11 is 1.22. The molecule has 152 valence electrons. The summed E-state index contributed by atoms with van der Waals surface area (Å²) in [7, 11) is 1.32. The molecule has 1 aromatic carbocycles. The van der Waals surface area contributed by atoms with Crippen molar-refractivity contribution in [2.75, 3.05) is 25.6 Å². The van der Waals surface area contributed by atoms with E-state index in [0.29, 0.717) is 36.0 Å². The minimum atomic E-state index is -0.865. The second-order valence-corrected chi connectivity index (χ2v) is 7.67. The first-order chi connectivity index (χ1) is 14.0. The summed E-state index contributed by atoms with van der Waals surface area (Å²) in [4.78, 5) is 38.9. The average Bonchev–Trinajstić information content (AvgIpc) is 3.09. The van der Waals surface area contributed by atoms with Crippen LogP contribution in [0.1, 0.15) is 20.8 Å². The van der Waals surface area contributed by atoms with Crippen LogP contribution in [0.4, 0.5) is 9.80 Å². The molecule has 10 heteroatoms. The third-order valence-electron chi connectivity index (χ3n) is 4.77. The van der Waals surface area contributed by atoms with E-state index in [0.717, 1.165) is 10.4 Å². The largest absolute Gasteiger partial charge is 0.485 e. The second-order valence-electron chi connectivity index (χ2n) is 6.57. The molecule has 1 atom stereocenters. The lowest BCUT2D eigenvalue weighted by Crippen LogP contribution is -2.40. The van der Waals surface area contributed by atoms with Gasteiger partial charge in [0.1, 0.15) is 11.6 Å². The molecule has 3 N–H and O–H groups in total. The second kappa shape index (κ2) is 7.63. The first kappa shape index (κ1) is 19.1. The van der Waals surface area contributed by atoms with Gasteiger partial charge >= 0.3 is 6.09 Å². The molecule has 0 unspecified atom stereocenters. The number of carbonyl (C=O) groups excluding carboxylic acids is 3. The summed E-state index contributed by atoms with van der Waals surface area (Å²) < 4.78 is 16.0. The van der Waals surface area contributed by atoms with Crippen LogP contribution in [0.5, 0.6) is 11.5 Å². The number of hydrogen-bond acceptors (Lipinski definition) is 7. The molecule has 29 heavy (non-hydrogen) atoms. The van der Waals surface area contributed by atoms with Gasteiger partial charge in [0.15, 0.2) is 11.5 Å².